The summed E-state index contributed by atoms with van der Waals surface area (Å²) in [5.74, 6) is -1.23. The molecule has 1 aromatic carbocycles. The summed E-state index contributed by atoms with van der Waals surface area (Å²) in [5, 5.41) is 2.70. The number of hydrogen-bond acceptors (Lipinski definition) is 6. The van der Waals surface area contributed by atoms with E-state index in [2.05, 4.69) is 10.1 Å². The number of amides is 1. The molecule has 1 aliphatic rings. The Morgan fingerprint density at radius 1 is 1.04 bits per heavy atom. The molecule has 3 rings (SSSR count). The molecule has 0 radical (unpaired) electrons. The maximum atomic E-state index is 12.2. The van der Waals surface area contributed by atoms with Crippen molar-refractivity contribution in [3.05, 3.63) is 56.8 Å². The van der Waals surface area contributed by atoms with Crippen LogP contribution in [0.4, 0.5) is 0 Å². The third kappa shape index (κ3) is 5.19. The summed E-state index contributed by atoms with van der Waals surface area (Å²) in [4.78, 5) is 37.4. The number of carbonyl (C=O) groups excluding carboxylic acids is 3. The Morgan fingerprint density at radius 3 is 2.54 bits per heavy atom. The lowest BCUT2D eigenvalue weighted by Crippen LogP contribution is -2.28. The number of carbonyl (C=O) groups is 3. The van der Waals surface area contributed by atoms with Gasteiger partial charge in [-0.05, 0) is 55.0 Å². The second-order valence-electron chi connectivity index (χ2n) is 6.66. The Morgan fingerprint density at radius 2 is 1.79 bits per heavy atom. The van der Waals surface area contributed by atoms with Crippen LogP contribution in [0, 0.1) is 0 Å². The van der Waals surface area contributed by atoms with Gasteiger partial charge in [-0.3, -0.25) is 4.79 Å². The highest BCUT2D eigenvalue weighted by Crippen LogP contribution is 2.29. The molecule has 148 valence electrons. The van der Waals surface area contributed by atoms with Crippen molar-refractivity contribution in [2.45, 2.75) is 38.6 Å². The largest absolute Gasteiger partial charge is 0.465 e. The van der Waals surface area contributed by atoms with Gasteiger partial charge in [0.05, 0.1) is 12.7 Å². The van der Waals surface area contributed by atoms with Crippen LogP contribution in [0.5, 0.6) is 0 Å². The highest BCUT2D eigenvalue weighted by molar-refractivity contribution is 7.14. The first-order valence-electron chi connectivity index (χ1n) is 9.29. The van der Waals surface area contributed by atoms with Crippen molar-refractivity contribution in [1.29, 1.82) is 0 Å². The normalized spacial score (nSPS) is 13.2. The first kappa shape index (κ1) is 20.1. The molecule has 0 saturated heterocycles. The molecule has 0 saturated carbocycles. The predicted octanol–water partition coefficient (Wildman–Crippen LogP) is 3.28. The van der Waals surface area contributed by atoms with Gasteiger partial charge in [0.2, 0.25) is 0 Å². The van der Waals surface area contributed by atoms with Gasteiger partial charge in [-0.1, -0.05) is 18.6 Å². The average molecular weight is 401 g/mol. The smallest absolute Gasteiger partial charge is 0.348 e. The first-order valence-corrected chi connectivity index (χ1v) is 10.1. The zero-order valence-electron chi connectivity index (χ0n) is 15.8. The van der Waals surface area contributed by atoms with Crippen molar-refractivity contribution in [3.8, 4) is 0 Å². The molecule has 1 aromatic heterocycles. The Labute approximate surface area is 167 Å². The zero-order chi connectivity index (χ0) is 19.9. The molecule has 1 aliphatic carbocycles. The van der Waals surface area contributed by atoms with Gasteiger partial charge in [0, 0.05) is 11.4 Å². The van der Waals surface area contributed by atoms with Gasteiger partial charge in [-0.2, -0.15) is 0 Å². The molecule has 1 N–H and O–H groups in total. The Hall–Kier alpha value is -2.67. The highest BCUT2D eigenvalue weighted by Gasteiger charge is 2.18. The highest BCUT2D eigenvalue weighted by atomic mass is 32.1. The van der Waals surface area contributed by atoms with Gasteiger partial charge < -0.3 is 14.8 Å². The van der Waals surface area contributed by atoms with Crippen LogP contribution in [0.2, 0.25) is 0 Å². The van der Waals surface area contributed by atoms with Crippen LogP contribution >= 0.6 is 11.3 Å². The van der Waals surface area contributed by atoms with E-state index in [1.165, 1.54) is 35.3 Å². The fourth-order valence-corrected chi connectivity index (χ4v) is 4.25. The van der Waals surface area contributed by atoms with E-state index < -0.39 is 11.9 Å². The number of hydrogen-bond donors (Lipinski definition) is 1. The van der Waals surface area contributed by atoms with E-state index in [1.54, 1.807) is 24.3 Å². The number of aryl methyl sites for hydroxylation is 2. The van der Waals surface area contributed by atoms with Gasteiger partial charge in [-0.25, -0.2) is 9.59 Å². The minimum absolute atomic E-state index is 0.283. The fraction of sp³-hybridized carbons (Fsp3) is 0.381. The van der Waals surface area contributed by atoms with Crippen LogP contribution in [0.15, 0.2) is 30.3 Å². The molecule has 1 amide bonds. The second kappa shape index (κ2) is 9.50. The molecule has 0 aliphatic heterocycles. The predicted molar refractivity (Wildman–Crippen MR) is 105 cm³/mol. The molecule has 7 heteroatoms. The molecule has 28 heavy (non-hydrogen) atoms. The summed E-state index contributed by atoms with van der Waals surface area (Å²) < 4.78 is 9.79. The number of benzene rings is 1. The van der Waals surface area contributed by atoms with E-state index in [0.29, 0.717) is 10.4 Å². The van der Waals surface area contributed by atoms with Crippen LogP contribution < -0.4 is 5.32 Å². The Kier molecular flexibility index (Phi) is 6.81. The van der Waals surface area contributed by atoms with Gasteiger partial charge in [0.1, 0.15) is 4.88 Å². The molecule has 0 spiro atoms. The summed E-state index contributed by atoms with van der Waals surface area (Å²) in [7, 11) is 1.32. The zero-order valence-corrected chi connectivity index (χ0v) is 16.6. The lowest BCUT2D eigenvalue weighted by atomic mass is 10.1. The molecule has 2 aromatic rings. The molecular formula is C21H23NO5S. The van der Waals surface area contributed by atoms with E-state index in [1.807, 2.05) is 6.07 Å². The second-order valence-corrected chi connectivity index (χ2v) is 7.80. The number of rotatable bonds is 6. The number of esters is 2. The third-order valence-electron chi connectivity index (χ3n) is 4.65. The summed E-state index contributed by atoms with van der Waals surface area (Å²) in [5.41, 5.74) is 2.52. The number of thiophene rings is 1. The molecule has 0 fully saturated rings. The van der Waals surface area contributed by atoms with E-state index in [0.717, 1.165) is 31.2 Å². The molecular weight excluding hydrogens is 378 g/mol. The van der Waals surface area contributed by atoms with Gasteiger partial charge >= 0.3 is 11.9 Å². The van der Waals surface area contributed by atoms with Gasteiger partial charge in [0.25, 0.3) is 5.91 Å². The summed E-state index contributed by atoms with van der Waals surface area (Å²) >= 11 is 1.48. The van der Waals surface area contributed by atoms with Crippen molar-refractivity contribution in [1.82, 2.24) is 5.32 Å². The SMILES string of the molecule is COC(=O)c1ccc(CNC(=O)COC(=O)c2cc3c(s2)CCCCC3)cc1. The van der Waals surface area contributed by atoms with Crippen LogP contribution in [0.25, 0.3) is 0 Å². The van der Waals surface area contributed by atoms with Crippen molar-refractivity contribution in [3.63, 3.8) is 0 Å². The van der Waals surface area contributed by atoms with Crippen molar-refractivity contribution < 1.29 is 23.9 Å². The molecule has 0 bridgehead atoms. The standard InChI is InChI=1S/C21H23NO5S/c1-26-20(24)15-9-7-14(8-10-15)12-22-19(23)13-27-21(25)18-11-16-5-3-2-4-6-17(16)28-18/h7-11H,2-6,12-13H2,1H3,(H,22,23). The van der Waals surface area contributed by atoms with Crippen LogP contribution in [-0.4, -0.2) is 31.6 Å². The number of ether oxygens (including phenoxy) is 2. The van der Waals surface area contributed by atoms with E-state index in [4.69, 9.17) is 4.74 Å². The maximum absolute atomic E-state index is 12.2. The minimum atomic E-state index is -0.448. The Bertz CT molecular complexity index is 833. The minimum Gasteiger partial charge on any atom is -0.465 e. The lowest BCUT2D eigenvalue weighted by molar-refractivity contribution is -0.124. The number of methoxy groups -OCH3 is 1. The van der Waals surface area contributed by atoms with Crippen molar-refractivity contribution >= 4 is 29.2 Å². The molecule has 1 heterocycles. The van der Waals surface area contributed by atoms with E-state index in [9.17, 15) is 14.4 Å². The topological polar surface area (TPSA) is 81.7 Å². The van der Waals surface area contributed by atoms with Crippen molar-refractivity contribution in [2.75, 3.05) is 13.7 Å². The average Bonchev–Trinajstić information content (AvgIpc) is 3.00. The first-order chi connectivity index (χ1) is 13.6. The van der Waals surface area contributed by atoms with Crippen LogP contribution in [-0.2, 0) is 33.7 Å². The van der Waals surface area contributed by atoms with Crippen LogP contribution in [0.3, 0.4) is 0 Å². The van der Waals surface area contributed by atoms with E-state index in [-0.39, 0.29) is 19.1 Å². The fourth-order valence-electron chi connectivity index (χ4n) is 3.10. The van der Waals surface area contributed by atoms with E-state index >= 15 is 0 Å². The summed E-state index contributed by atoms with van der Waals surface area (Å²) in [6.07, 6.45) is 5.57. The van der Waals surface area contributed by atoms with Gasteiger partial charge in [-0.15, -0.1) is 11.3 Å². The summed E-state index contributed by atoms with van der Waals surface area (Å²) in [6, 6.07) is 8.64. The molecule has 0 atom stereocenters. The third-order valence-corrected chi connectivity index (χ3v) is 5.86. The Balaban J connectivity index is 1.45. The van der Waals surface area contributed by atoms with Gasteiger partial charge in [0.15, 0.2) is 6.61 Å². The monoisotopic (exact) mass is 401 g/mol. The number of fused-ring (bicyclic) bond motifs is 1. The molecule has 6 nitrogen and oxygen atoms in total. The van der Waals surface area contributed by atoms with Crippen molar-refractivity contribution in [2.24, 2.45) is 0 Å². The summed E-state index contributed by atoms with van der Waals surface area (Å²) in [6.45, 7) is -0.0349. The lowest BCUT2D eigenvalue weighted by Gasteiger charge is -2.07. The molecule has 0 unspecified atom stereocenters. The number of nitrogens with one attached hydrogen (secondary N) is 1. The maximum Gasteiger partial charge on any atom is 0.348 e. The van der Waals surface area contributed by atoms with Crippen LogP contribution in [0.1, 0.15) is 55.3 Å². The quantitative estimate of drug-likeness (QED) is 0.593.